The number of rotatable bonds is 2. The predicted octanol–water partition coefficient (Wildman–Crippen LogP) is 2.07. The Balaban J connectivity index is 2.08. The van der Waals surface area contributed by atoms with E-state index in [2.05, 4.69) is 5.32 Å². The van der Waals surface area contributed by atoms with Crippen LogP contribution in [-0.4, -0.2) is 33.4 Å². The van der Waals surface area contributed by atoms with Crippen molar-refractivity contribution < 1.29 is 18.6 Å². The van der Waals surface area contributed by atoms with Crippen molar-refractivity contribution in [2.75, 3.05) is 33.4 Å². The molecule has 5 heteroatoms. The van der Waals surface area contributed by atoms with Crippen molar-refractivity contribution >= 4 is 0 Å². The molecule has 1 saturated heterocycles. The normalized spacial score (nSPS) is 19.3. The molecular weight excluding hydrogens is 249 g/mol. The zero-order valence-corrected chi connectivity index (χ0v) is 11.0. The van der Waals surface area contributed by atoms with Gasteiger partial charge in [0.25, 0.3) is 0 Å². The molecule has 2 heterocycles. The van der Waals surface area contributed by atoms with Crippen LogP contribution in [0.4, 0.5) is 4.39 Å². The number of ether oxygens (including phenoxy) is 3. The second-order valence-electron chi connectivity index (χ2n) is 4.85. The van der Waals surface area contributed by atoms with Crippen LogP contribution in [0.25, 0.3) is 0 Å². The summed E-state index contributed by atoms with van der Waals surface area (Å²) in [5.41, 5.74) is 0.621. The highest BCUT2D eigenvalue weighted by Crippen LogP contribution is 2.45. The van der Waals surface area contributed by atoms with E-state index < -0.39 is 0 Å². The maximum Gasteiger partial charge on any atom is 0.172 e. The fourth-order valence-electron chi connectivity index (χ4n) is 2.79. The number of methoxy groups -OCH3 is 1. The van der Waals surface area contributed by atoms with Crippen LogP contribution < -0.4 is 19.5 Å². The first-order chi connectivity index (χ1) is 9.31. The van der Waals surface area contributed by atoms with Gasteiger partial charge in [-0.05, 0) is 31.8 Å². The average Bonchev–Trinajstić information content (AvgIpc) is 2.47. The van der Waals surface area contributed by atoms with Crippen molar-refractivity contribution in [3.05, 3.63) is 17.4 Å². The van der Waals surface area contributed by atoms with E-state index in [0.717, 1.165) is 25.9 Å². The van der Waals surface area contributed by atoms with E-state index in [9.17, 15) is 4.39 Å². The zero-order chi connectivity index (χ0) is 13.2. The van der Waals surface area contributed by atoms with E-state index in [4.69, 9.17) is 14.2 Å². The lowest BCUT2D eigenvalue weighted by Gasteiger charge is -2.29. The van der Waals surface area contributed by atoms with Crippen LogP contribution in [0.15, 0.2) is 6.07 Å². The third-order valence-corrected chi connectivity index (χ3v) is 3.74. The number of halogens is 1. The van der Waals surface area contributed by atoms with Gasteiger partial charge in [-0.2, -0.15) is 0 Å². The number of hydrogen-bond donors (Lipinski definition) is 1. The Morgan fingerprint density at radius 2 is 2.00 bits per heavy atom. The van der Waals surface area contributed by atoms with Gasteiger partial charge in [-0.25, -0.2) is 4.39 Å². The first kappa shape index (κ1) is 12.5. The standard InChI is InChI=1S/C14H18FNO3/c1-17-10-8-11-14(19-7-6-18-11)12(13(10)15)9-2-4-16-5-3-9/h8-9,16H,2-7H2,1H3. The van der Waals surface area contributed by atoms with Crippen molar-refractivity contribution in [2.45, 2.75) is 18.8 Å². The Bertz CT molecular complexity index is 472. The van der Waals surface area contributed by atoms with Crippen molar-refractivity contribution in [3.8, 4) is 17.2 Å². The van der Waals surface area contributed by atoms with Crippen LogP contribution in [-0.2, 0) is 0 Å². The summed E-state index contributed by atoms with van der Waals surface area (Å²) in [7, 11) is 1.47. The van der Waals surface area contributed by atoms with Crippen LogP contribution in [0.3, 0.4) is 0 Å². The molecule has 0 unspecified atom stereocenters. The molecule has 1 aromatic carbocycles. The molecule has 104 valence electrons. The fourth-order valence-corrected chi connectivity index (χ4v) is 2.79. The molecule has 0 aliphatic carbocycles. The van der Waals surface area contributed by atoms with Crippen molar-refractivity contribution in [2.24, 2.45) is 0 Å². The highest BCUT2D eigenvalue weighted by molar-refractivity contribution is 5.55. The molecule has 1 fully saturated rings. The summed E-state index contributed by atoms with van der Waals surface area (Å²) in [6.07, 6.45) is 1.81. The second kappa shape index (κ2) is 5.25. The lowest BCUT2D eigenvalue weighted by atomic mass is 9.88. The topological polar surface area (TPSA) is 39.7 Å². The highest BCUT2D eigenvalue weighted by Gasteiger charge is 2.29. The lowest BCUT2D eigenvalue weighted by Crippen LogP contribution is -2.28. The van der Waals surface area contributed by atoms with Gasteiger partial charge in [0.05, 0.1) is 7.11 Å². The molecule has 0 aromatic heterocycles. The van der Waals surface area contributed by atoms with Crippen LogP contribution >= 0.6 is 0 Å². The second-order valence-corrected chi connectivity index (χ2v) is 4.85. The van der Waals surface area contributed by atoms with Crippen LogP contribution in [0, 0.1) is 5.82 Å². The Morgan fingerprint density at radius 1 is 1.26 bits per heavy atom. The van der Waals surface area contributed by atoms with Gasteiger partial charge in [-0.15, -0.1) is 0 Å². The molecule has 0 bridgehead atoms. The quantitative estimate of drug-likeness (QED) is 0.890. The first-order valence-electron chi connectivity index (χ1n) is 6.68. The van der Waals surface area contributed by atoms with Crippen LogP contribution in [0.2, 0.25) is 0 Å². The number of hydrogen-bond acceptors (Lipinski definition) is 4. The molecule has 0 saturated carbocycles. The minimum absolute atomic E-state index is 0.159. The van der Waals surface area contributed by atoms with Crippen molar-refractivity contribution in [3.63, 3.8) is 0 Å². The van der Waals surface area contributed by atoms with Gasteiger partial charge in [0.1, 0.15) is 13.2 Å². The summed E-state index contributed by atoms with van der Waals surface area (Å²) in [6.45, 7) is 2.76. The smallest absolute Gasteiger partial charge is 0.172 e. The molecule has 0 radical (unpaired) electrons. The van der Waals surface area contributed by atoms with Crippen LogP contribution in [0.5, 0.6) is 17.2 Å². The monoisotopic (exact) mass is 267 g/mol. The number of piperidine rings is 1. The lowest BCUT2D eigenvalue weighted by molar-refractivity contribution is 0.166. The molecule has 0 amide bonds. The number of benzene rings is 1. The maximum atomic E-state index is 14.6. The van der Waals surface area contributed by atoms with Gasteiger partial charge >= 0.3 is 0 Å². The first-order valence-corrected chi connectivity index (χ1v) is 6.68. The molecule has 1 N–H and O–H groups in total. The Labute approximate surface area is 111 Å². The van der Waals surface area contributed by atoms with Gasteiger partial charge in [-0.3, -0.25) is 0 Å². The SMILES string of the molecule is COc1cc2c(c(C3CCNCC3)c1F)OCCO2. The van der Waals surface area contributed by atoms with E-state index in [1.54, 1.807) is 6.07 Å². The van der Waals surface area contributed by atoms with Gasteiger partial charge < -0.3 is 19.5 Å². The Hall–Kier alpha value is -1.49. The van der Waals surface area contributed by atoms with E-state index in [1.165, 1.54) is 7.11 Å². The third-order valence-electron chi connectivity index (χ3n) is 3.74. The third kappa shape index (κ3) is 2.23. The summed E-state index contributed by atoms with van der Waals surface area (Å²) in [5, 5.41) is 3.29. The molecule has 0 atom stereocenters. The van der Waals surface area contributed by atoms with Crippen molar-refractivity contribution in [1.29, 1.82) is 0 Å². The molecule has 0 spiro atoms. The summed E-state index contributed by atoms with van der Waals surface area (Å²) >= 11 is 0. The van der Waals surface area contributed by atoms with E-state index in [-0.39, 0.29) is 17.5 Å². The van der Waals surface area contributed by atoms with E-state index in [0.29, 0.717) is 30.3 Å². The zero-order valence-electron chi connectivity index (χ0n) is 11.0. The summed E-state index contributed by atoms with van der Waals surface area (Å²) in [4.78, 5) is 0. The van der Waals surface area contributed by atoms with E-state index >= 15 is 0 Å². The summed E-state index contributed by atoms with van der Waals surface area (Å²) < 4.78 is 30.9. The fraction of sp³-hybridized carbons (Fsp3) is 0.571. The average molecular weight is 267 g/mol. The maximum absolute atomic E-state index is 14.6. The molecule has 2 aliphatic rings. The molecule has 4 nitrogen and oxygen atoms in total. The summed E-state index contributed by atoms with van der Waals surface area (Å²) in [5.74, 6) is 1.25. The number of fused-ring (bicyclic) bond motifs is 1. The summed E-state index contributed by atoms with van der Waals surface area (Å²) in [6, 6.07) is 1.58. The minimum Gasteiger partial charge on any atom is -0.494 e. The minimum atomic E-state index is -0.307. The van der Waals surface area contributed by atoms with Crippen LogP contribution in [0.1, 0.15) is 24.3 Å². The molecule has 19 heavy (non-hydrogen) atoms. The molecule has 2 aliphatic heterocycles. The predicted molar refractivity (Wildman–Crippen MR) is 68.8 cm³/mol. The molecule has 1 aromatic rings. The van der Waals surface area contributed by atoms with Gasteiger partial charge in [0.15, 0.2) is 23.1 Å². The largest absolute Gasteiger partial charge is 0.494 e. The van der Waals surface area contributed by atoms with Gasteiger partial charge in [0.2, 0.25) is 0 Å². The molecular formula is C14H18FNO3. The van der Waals surface area contributed by atoms with Gasteiger partial charge in [-0.1, -0.05) is 0 Å². The molecule has 3 rings (SSSR count). The number of nitrogens with one attached hydrogen (secondary N) is 1. The van der Waals surface area contributed by atoms with Crippen molar-refractivity contribution in [1.82, 2.24) is 5.32 Å². The highest BCUT2D eigenvalue weighted by atomic mass is 19.1. The Kier molecular flexibility index (Phi) is 3.46. The Morgan fingerprint density at radius 3 is 2.74 bits per heavy atom. The van der Waals surface area contributed by atoms with E-state index in [1.807, 2.05) is 0 Å². The van der Waals surface area contributed by atoms with Gasteiger partial charge in [0, 0.05) is 11.6 Å².